The van der Waals surface area contributed by atoms with Crippen LogP contribution in [0.3, 0.4) is 0 Å². The highest BCUT2D eigenvalue weighted by Gasteiger charge is 2.57. The van der Waals surface area contributed by atoms with Crippen LogP contribution in [-0.4, -0.2) is 38.1 Å². The number of carbonyl (C=O) groups excluding carboxylic acids is 2. The second-order valence-corrected chi connectivity index (χ2v) is 8.05. The van der Waals surface area contributed by atoms with E-state index >= 15 is 0 Å². The fourth-order valence-electron chi connectivity index (χ4n) is 4.20. The Hall–Kier alpha value is -2.08. The van der Waals surface area contributed by atoms with Crippen molar-refractivity contribution in [2.45, 2.75) is 52.0 Å². The molecule has 3 rings (SSSR count). The Labute approximate surface area is 167 Å². The van der Waals surface area contributed by atoms with Crippen molar-refractivity contribution in [1.29, 1.82) is 0 Å². The number of hydrogen-bond donors (Lipinski definition) is 3. The van der Waals surface area contributed by atoms with Crippen molar-refractivity contribution in [1.82, 2.24) is 16.0 Å². The second-order valence-electron chi connectivity index (χ2n) is 8.05. The predicted molar refractivity (Wildman–Crippen MR) is 109 cm³/mol. The van der Waals surface area contributed by atoms with Crippen LogP contribution >= 0.6 is 0 Å². The predicted octanol–water partition coefficient (Wildman–Crippen LogP) is 2.55. The molecule has 1 saturated carbocycles. The zero-order valence-electron chi connectivity index (χ0n) is 17.1. The Morgan fingerprint density at radius 1 is 1.25 bits per heavy atom. The first-order chi connectivity index (χ1) is 13.5. The summed E-state index contributed by atoms with van der Waals surface area (Å²) in [5, 5.41) is 9.40. The van der Waals surface area contributed by atoms with Gasteiger partial charge in [-0.25, -0.2) is 0 Å². The molecule has 6 nitrogen and oxygen atoms in total. The van der Waals surface area contributed by atoms with Crippen LogP contribution in [0.15, 0.2) is 24.3 Å². The van der Waals surface area contributed by atoms with E-state index in [1.54, 1.807) is 0 Å². The maximum Gasteiger partial charge on any atom is 0.223 e. The molecule has 6 heteroatoms. The third-order valence-electron chi connectivity index (χ3n) is 6.05. The fourth-order valence-corrected chi connectivity index (χ4v) is 4.20. The molecule has 2 fully saturated rings. The minimum Gasteiger partial charge on any atom is -0.494 e. The van der Waals surface area contributed by atoms with E-state index in [9.17, 15) is 9.59 Å². The number of benzene rings is 1. The SMILES string of the molecule is CCOc1ccc(C(C)NC(=O)CCCNC(=O)C2CC23CCNCC3)cc1. The lowest BCUT2D eigenvalue weighted by Crippen LogP contribution is -2.34. The lowest BCUT2D eigenvalue weighted by atomic mass is 9.92. The first kappa shape index (κ1) is 20.6. The summed E-state index contributed by atoms with van der Waals surface area (Å²) in [4.78, 5) is 24.5. The Morgan fingerprint density at radius 2 is 1.96 bits per heavy atom. The summed E-state index contributed by atoms with van der Waals surface area (Å²) >= 11 is 0. The number of rotatable bonds is 9. The minimum atomic E-state index is -0.0519. The van der Waals surface area contributed by atoms with Crippen molar-refractivity contribution >= 4 is 11.8 Å². The Bertz CT molecular complexity index is 668. The first-order valence-electron chi connectivity index (χ1n) is 10.5. The highest BCUT2D eigenvalue weighted by molar-refractivity contribution is 5.82. The van der Waals surface area contributed by atoms with Gasteiger partial charge in [-0.05, 0) is 75.7 Å². The molecule has 0 aromatic heterocycles. The van der Waals surface area contributed by atoms with Crippen molar-refractivity contribution in [3.05, 3.63) is 29.8 Å². The molecule has 2 aliphatic rings. The van der Waals surface area contributed by atoms with Gasteiger partial charge in [0.15, 0.2) is 0 Å². The van der Waals surface area contributed by atoms with Crippen molar-refractivity contribution in [2.75, 3.05) is 26.2 Å². The molecule has 0 radical (unpaired) electrons. The average Bonchev–Trinajstić information content (AvgIpc) is 3.39. The summed E-state index contributed by atoms with van der Waals surface area (Å²) in [6.45, 7) is 7.18. The van der Waals surface area contributed by atoms with Crippen LogP contribution in [0.5, 0.6) is 5.75 Å². The molecule has 1 heterocycles. The fraction of sp³-hybridized carbons (Fsp3) is 0.636. The van der Waals surface area contributed by atoms with Gasteiger partial charge >= 0.3 is 0 Å². The van der Waals surface area contributed by atoms with Crippen molar-refractivity contribution in [2.24, 2.45) is 11.3 Å². The van der Waals surface area contributed by atoms with E-state index in [-0.39, 0.29) is 29.2 Å². The first-order valence-corrected chi connectivity index (χ1v) is 10.5. The zero-order chi connectivity index (χ0) is 20.0. The molecule has 3 N–H and O–H groups in total. The van der Waals surface area contributed by atoms with E-state index in [1.165, 1.54) is 0 Å². The second kappa shape index (κ2) is 9.41. The summed E-state index contributed by atoms with van der Waals surface area (Å²) in [5.41, 5.74) is 1.31. The average molecular weight is 388 g/mol. The number of hydrogen-bond acceptors (Lipinski definition) is 4. The molecule has 0 bridgehead atoms. The molecule has 1 aliphatic heterocycles. The maximum absolute atomic E-state index is 12.3. The van der Waals surface area contributed by atoms with Gasteiger partial charge in [0.25, 0.3) is 0 Å². The topological polar surface area (TPSA) is 79.5 Å². The molecule has 2 atom stereocenters. The molecule has 1 aromatic rings. The highest BCUT2D eigenvalue weighted by atomic mass is 16.5. The van der Waals surface area contributed by atoms with Crippen molar-refractivity contribution < 1.29 is 14.3 Å². The van der Waals surface area contributed by atoms with E-state index in [0.29, 0.717) is 26.0 Å². The van der Waals surface area contributed by atoms with Crippen LogP contribution in [0.2, 0.25) is 0 Å². The monoisotopic (exact) mass is 387 g/mol. The molecule has 28 heavy (non-hydrogen) atoms. The van der Waals surface area contributed by atoms with Gasteiger partial charge < -0.3 is 20.7 Å². The van der Waals surface area contributed by atoms with Gasteiger partial charge in [0.05, 0.1) is 12.6 Å². The van der Waals surface area contributed by atoms with E-state index in [4.69, 9.17) is 4.74 Å². The summed E-state index contributed by atoms with van der Waals surface area (Å²) in [5.74, 6) is 1.20. The number of nitrogens with one attached hydrogen (secondary N) is 3. The van der Waals surface area contributed by atoms with Gasteiger partial charge in [-0.1, -0.05) is 12.1 Å². The third-order valence-corrected chi connectivity index (χ3v) is 6.05. The largest absolute Gasteiger partial charge is 0.494 e. The molecule has 1 aliphatic carbocycles. The van der Waals surface area contributed by atoms with Gasteiger partial charge in [-0.2, -0.15) is 0 Å². The van der Waals surface area contributed by atoms with E-state index in [2.05, 4.69) is 16.0 Å². The molecule has 1 aromatic carbocycles. The third kappa shape index (κ3) is 5.25. The van der Waals surface area contributed by atoms with Crippen LogP contribution < -0.4 is 20.7 Å². The molecule has 2 unspecified atom stereocenters. The highest BCUT2D eigenvalue weighted by Crippen LogP contribution is 2.58. The van der Waals surface area contributed by atoms with Gasteiger partial charge in [0, 0.05) is 18.9 Å². The lowest BCUT2D eigenvalue weighted by Gasteiger charge is -2.23. The lowest BCUT2D eigenvalue weighted by molar-refractivity contribution is -0.124. The van der Waals surface area contributed by atoms with Crippen molar-refractivity contribution in [3.63, 3.8) is 0 Å². The molecule has 154 valence electrons. The van der Waals surface area contributed by atoms with E-state index in [1.807, 2.05) is 38.1 Å². The van der Waals surface area contributed by atoms with E-state index < -0.39 is 0 Å². The summed E-state index contributed by atoms with van der Waals surface area (Å²) in [6.07, 6.45) is 4.32. The van der Waals surface area contributed by atoms with Crippen molar-refractivity contribution in [3.8, 4) is 5.75 Å². The van der Waals surface area contributed by atoms with Gasteiger partial charge in [0.1, 0.15) is 5.75 Å². The van der Waals surface area contributed by atoms with Gasteiger partial charge in [-0.15, -0.1) is 0 Å². The summed E-state index contributed by atoms with van der Waals surface area (Å²) in [7, 11) is 0. The van der Waals surface area contributed by atoms with Crippen LogP contribution in [0.1, 0.15) is 57.6 Å². The number of ether oxygens (including phenoxy) is 1. The smallest absolute Gasteiger partial charge is 0.223 e. The molecular formula is C22H33N3O3. The van der Waals surface area contributed by atoms with Crippen LogP contribution in [0, 0.1) is 11.3 Å². The van der Waals surface area contributed by atoms with Gasteiger partial charge in [0.2, 0.25) is 11.8 Å². The van der Waals surface area contributed by atoms with Crippen LogP contribution in [0.4, 0.5) is 0 Å². The number of carbonyl (C=O) groups is 2. The maximum atomic E-state index is 12.3. The summed E-state index contributed by atoms with van der Waals surface area (Å²) in [6, 6.07) is 7.74. The Morgan fingerprint density at radius 3 is 2.64 bits per heavy atom. The van der Waals surface area contributed by atoms with E-state index in [0.717, 1.165) is 43.7 Å². The quantitative estimate of drug-likeness (QED) is 0.569. The van der Waals surface area contributed by atoms with Crippen LogP contribution in [0.25, 0.3) is 0 Å². The van der Waals surface area contributed by atoms with Gasteiger partial charge in [-0.3, -0.25) is 9.59 Å². The minimum absolute atomic E-state index is 0.0110. The Balaban J connectivity index is 1.31. The molecular weight excluding hydrogens is 354 g/mol. The zero-order valence-corrected chi connectivity index (χ0v) is 17.1. The van der Waals surface area contributed by atoms with Crippen LogP contribution in [-0.2, 0) is 9.59 Å². The Kier molecular flexibility index (Phi) is 6.94. The standard InChI is InChI=1S/C22H33N3O3/c1-3-28-18-8-6-17(7-9-18)16(2)25-20(26)5-4-12-24-21(27)19-15-22(19)10-13-23-14-11-22/h6-9,16,19,23H,3-5,10-15H2,1-2H3,(H,24,27)(H,25,26). The number of amides is 2. The summed E-state index contributed by atoms with van der Waals surface area (Å²) < 4.78 is 5.44. The molecule has 1 saturated heterocycles. The number of piperidine rings is 1. The molecule has 2 amide bonds. The normalized spacial score (nSPS) is 21.0. The molecule has 1 spiro atoms.